The molecule has 1 atom stereocenters. The monoisotopic (exact) mass is 445 g/mol. The van der Waals surface area contributed by atoms with Crippen LogP contribution < -0.4 is 0 Å². The zero-order valence-corrected chi connectivity index (χ0v) is 19.3. The Morgan fingerprint density at radius 1 is 1.12 bits per heavy atom. The van der Waals surface area contributed by atoms with Crippen molar-refractivity contribution in [3.8, 4) is 11.1 Å². The molecule has 3 aromatic rings. The van der Waals surface area contributed by atoms with Crippen molar-refractivity contribution in [1.82, 2.24) is 25.0 Å². The number of carbonyl (C=O) groups excluding carboxylic acids is 2. The predicted molar refractivity (Wildman–Crippen MR) is 128 cm³/mol. The van der Waals surface area contributed by atoms with Crippen molar-refractivity contribution in [1.29, 1.82) is 0 Å². The lowest BCUT2D eigenvalue weighted by Crippen LogP contribution is -2.38. The highest BCUT2D eigenvalue weighted by atomic mass is 16.2. The number of aromatic amines is 1. The van der Waals surface area contributed by atoms with Gasteiger partial charge in [0.05, 0.1) is 17.7 Å². The van der Waals surface area contributed by atoms with Gasteiger partial charge >= 0.3 is 0 Å². The third-order valence-corrected chi connectivity index (χ3v) is 6.28. The molecule has 172 valence electrons. The lowest BCUT2D eigenvalue weighted by molar-refractivity contribution is -0.134. The number of aryl methyl sites for hydroxylation is 1. The van der Waals surface area contributed by atoms with E-state index in [9.17, 15) is 9.59 Å². The summed E-state index contributed by atoms with van der Waals surface area (Å²) in [6.07, 6.45) is 7.37. The number of rotatable bonds is 7. The van der Waals surface area contributed by atoms with Crippen molar-refractivity contribution >= 4 is 11.8 Å². The van der Waals surface area contributed by atoms with Crippen LogP contribution in [0, 0.1) is 5.92 Å². The fourth-order valence-corrected chi connectivity index (χ4v) is 4.58. The van der Waals surface area contributed by atoms with Crippen LogP contribution in [-0.4, -0.2) is 63.0 Å². The molecule has 1 saturated heterocycles. The molecule has 0 saturated carbocycles. The van der Waals surface area contributed by atoms with Crippen LogP contribution >= 0.6 is 0 Å². The van der Waals surface area contributed by atoms with Crippen molar-refractivity contribution < 1.29 is 9.59 Å². The first-order chi connectivity index (χ1) is 16.1. The van der Waals surface area contributed by atoms with Crippen molar-refractivity contribution in [2.45, 2.75) is 33.1 Å². The molecule has 0 aliphatic carbocycles. The predicted octanol–water partition coefficient (Wildman–Crippen LogP) is 3.59. The van der Waals surface area contributed by atoms with Gasteiger partial charge in [0.25, 0.3) is 5.91 Å². The number of nitrogens with zero attached hydrogens (tertiary/aromatic N) is 4. The van der Waals surface area contributed by atoms with Crippen LogP contribution in [0.2, 0.25) is 0 Å². The van der Waals surface area contributed by atoms with E-state index >= 15 is 0 Å². The number of amides is 2. The van der Waals surface area contributed by atoms with Gasteiger partial charge in [-0.1, -0.05) is 44.2 Å². The number of nitrogens with one attached hydrogen (secondary N) is 1. The average Bonchev–Trinajstić information content (AvgIpc) is 3.28. The summed E-state index contributed by atoms with van der Waals surface area (Å²) in [7, 11) is 0. The van der Waals surface area contributed by atoms with Gasteiger partial charge in [-0.2, -0.15) is 5.10 Å². The molecule has 3 heterocycles. The molecule has 1 N–H and O–H groups in total. The second-order valence-electron chi connectivity index (χ2n) is 8.49. The molecular formula is C26H31N5O2. The Morgan fingerprint density at radius 3 is 2.73 bits per heavy atom. The molecule has 1 aliphatic rings. The quantitative estimate of drug-likeness (QED) is 0.603. The molecule has 1 aliphatic heterocycles. The van der Waals surface area contributed by atoms with E-state index in [0.29, 0.717) is 44.6 Å². The fourth-order valence-electron chi connectivity index (χ4n) is 4.58. The number of hydrogen-bond donors (Lipinski definition) is 1. The standard InChI is InChI=1S/C26H31N5O2/c1-3-12-30-13-14-31(26(33)23-17-28-29-24(23)4-2)18-21(25(30)32)15-19-8-5-6-10-22(19)20-9-7-11-27-16-20/h5-11,16-17,21H,3-4,12-15,18H2,1-2H3,(H,28,29)/t21-/m1/s1. The molecule has 7 nitrogen and oxygen atoms in total. The number of benzene rings is 1. The number of hydrogen-bond acceptors (Lipinski definition) is 4. The number of H-pyrrole nitrogens is 1. The first-order valence-corrected chi connectivity index (χ1v) is 11.7. The lowest BCUT2D eigenvalue weighted by Gasteiger charge is -2.24. The van der Waals surface area contributed by atoms with Crippen molar-refractivity contribution in [3.05, 3.63) is 71.8 Å². The summed E-state index contributed by atoms with van der Waals surface area (Å²) in [6, 6.07) is 12.1. The molecule has 0 unspecified atom stereocenters. The molecule has 33 heavy (non-hydrogen) atoms. The molecule has 0 radical (unpaired) electrons. The molecule has 2 amide bonds. The molecule has 4 rings (SSSR count). The highest BCUT2D eigenvalue weighted by molar-refractivity contribution is 5.95. The second-order valence-corrected chi connectivity index (χ2v) is 8.49. The van der Waals surface area contributed by atoms with Gasteiger partial charge in [0.2, 0.25) is 5.91 Å². The van der Waals surface area contributed by atoms with Crippen molar-refractivity contribution in [2.24, 2.45) is 5.92 Å². The van der Waals surface area contributed by atoms with Gasteiger partial charge in [-0.25, -0.2) is 0 Å². The van der Waals surface area contributed by atoms with Gasteiger partial charge in [-0.05, 0) is 36.5 Å². The van der Waals surface area contributed by atoms with Gasteiger partial charge in [0.1, 0.15) is 0 Å². The zero-order chi connectivity index (χ0) is 23.2. The molecule has 1 aromatic carbocycles. The van der Waals surface area contributed by atoms with E-state index in [4.69, 9.17) is 0 Å². The molecule has 1 fully saturated rings. The topological polar surface area (TPSA) is 82.2 Å². The lowest BCUT2D eigenvalue weighted by atomic mass is 9.91. The maximum absolute atomic E-state index is 13.5. The van der Waals surface area contributed by atoms with Crippen LogP contribution in [0.25, 0.3) is 11.1 Å². The Bertz CT molecular complexity index is 1090. The van der Waals surface area contributed by atoms with Crippen LogP contribution in [-0.2, 0) is 17.6 Å². The number of carbonyl (C=O) groups is 2. The Morgan fingerprint density at radius 2 is 1.97 bits per heavy atom. The number of aromatic nitrogens is 3. The molecule has 0 bridgehead atoms. The van der Waals surface area contributed by atoms with Gasteiger partial charge in [-0.15, -0.1) is 0 Å². The average molecular weight is 446 g/mol. The third-order valence-electron chi connectivity index (χ3n) is 6.28. The maximum Gasteiger partial charge on any atom is 0.257 e. The summed E-state index contributed by atoms with van der Waals surface area (Å²) < 4.78 is 0. The SMILES string of the molecule is CCCN1CCN(C(=O)c2cn[nH]c2CC)C[C@@H](Cc2ccccc2-c2cccnc2)C1=O. The van der Waals surface area contributed by atoms with E-state index in [1.807, 2.05) is 47.2 Å². The van der Waals surface area contributed by atoms with Crippen LogP contribution in [0.15, 0.2) is 55.0 Å². The number of pyridine rings is 1. The van der Waals surface area contributed by atoms with Gasteiger partial charge in [-0.3, -0.25) is 19.7 Å². The fraction of sp³-hybridized carbons (Fsp3) is 0.385. The van der Waals surface area contributed by atoms with Crippen molar-refractivity contribution in [2.75, 3.05) is 26.2 Å². The summed E-state index contributed by atoms with van der Waals surface area (Å²) in [5, 5.41) is 6.99. The highest BCUT2D eigenvalue weighted by Crippen LogP contribution is 2.27. The highest BCUT2D eigenvalue weighted by Gasteiger charge is 2.33. The molecular weight excluding hydrogens is 414 g/mol. The van der Waals surface area contributed by atoms with Crippen LogP contribution in [0.1, 0.15) is 41.9 Å². The van der Waals surface area contributed by atoms with E-state index in [-0.39, 0.29) is 17.7 Å². The Hall–Kier alpha value is -3.48. The van der Waals surface area contributed by atoms with Crippen LogP contribution in [0.3, 0.4) is 0 Å². The minimum atomic E-state index is -0.308. The molecule has 2 aromatic heterocycles. The Labute approximate surface area is 194 Å². The van der Waals surface area contributed by atoms with Gasteiger partial charge in [0.15, 0.2) is 0 Å². The summed E-state index contributed by atoms with van der Waals surface area (Å²) >= 11 is 0. The smallest absolute Gasteiger partial charge is 0.257 e. The molecule has 7 heteroatoms. The molecule has 0 spiro atoms. The maximum atomic E-state index is 13.5. The zero-order valence-electron chi connectivity index (χ0n) is 19.3. The van der Waals surface area contributed by atoms with Gasteiger partial charge < -0.3 is 9.80 Å². The summed E-state index contributed by atoms with van der Waals surface area (Å²) in [6.45, 7) is 6.25. The first-order valence-electron chi connectivity index (χ1n) is 11.7. The largest absolute Gasteiger partial charge is 0.341 e. The normalized spacial score (nSPS) is 16.7. The summed E-state index contributed by atoms with van der Waals surface area (Å²) in [5.74, 6) is -0.244. The minimum absolute atomic E-state index is 0.0581. The van der Waals surface area contributed by atoms with E-state index in [1.54, 1.807) is 12.4 Å². The van der Waals surface area contributed by atoms with E-state index in [0.717, 1.165) is 28.8 Å². The van der Waals surface area contributed by atoms with E-state index < -0.39 is 0 Å². The van der Waals surface area contributed by atoms with Crippen LogP contribution in [0.5, 0.6) is 0 Å². The van der Waals surface area contributed by atoms with E-state index in [2.05, 4.69) is 34.2 Å². The third kappa shape index (κ3) is 4.97. The second kappa shape index (κ2) is 10.4. The first kappa shape index (κ1) is 22.7. The minimum Gasteiger partial charge on any atom is -0.341 e. The summed E-state index contributed by atoms with van der Waals surface area (Å²) in [4.78, 5) is 34.9. The van der Waals surface area contributed by atoms with Crippen LogP contribution in [0.4, 0.5) is 0 Å². The van der Waals surface area contributed by atoms with Crippen molar-refractivity contribution in [3.63, 3.8) is 0 Å². The van der Waals surface area contributed by atoms with Gasteiger partial charge in [0, 0.05) is 49.8 Å². The summed E-state index contributed by atoms with van der Waals surface area (Å²) in [5.41, 5.74) is 4.62. The Balaban J connectivity index is 1.64. The van der Waals surface area contributed by atoms with E-state index in [1.165, 1.54) is 0 Å². The Kier molecular flexibility index (Phi) is 7.17.